The van der Waals surface area contributed by atoms with Gasteiger partial charge in [0.05, 0.1) is 25.3 Å². The second-order valence-electron chi connectivity index (χ2n) is 10.3. The molecule has 3 heterocycles. The van der Waals surface area contributed by atoms with E-state index in [-0.39, 0.29) is 5.91 Å². The second-order valence-corrected chi connectivity index (χ2v) is 10.3. The van der Waals surface area contributed by atoms with Gasteiger partial charge in [0.1, 0.15) is 5.69 Å². The van der Waals surface area contributed by atoms with Crippen LogP contribution in [0.3, 0.4) is 0 Å². The Kier molecular flexibility index (Phi) is 8.21. The fourth-order valence-electron chi connectivity index (χ4n) is 5.38. The van der Waals surface area contributed by atoms with Crippen molar-refractivity contribution in [3.8, 4) is 11.3 Å². The van der Waals surface area contributed by atoms with Crippen LogP contribution in [-0.4, -0.2) is 72.8 Å². The number of benzene rings is 2. The lowest BCUT2D eigenvalue weighted by molar-refractivity contribution is 0.0320. The Morgan fingerprint density at radius 1 is 1.05 bits per heavy atom. The Bertz CT molecular complexity index is 1170. The van der Waals surface area contributed by atoms with Gasteiger partial charge in [-0.3, -0.25) is 9.69 Å². The summed E-state index contributed by atoms with van der Waals surface area (Å²) in [5.74, 6) is 0.842. The minimum atomic E-state index is 0.0369. The lowest BCUT2D eigenvalue weighted by atomic mass is 10.0. The van der Waals surface area contributed by atoms with E-state index in [0.717, 1.165) is 80.5 Å². The van der Waals surface area contributed by atoms with Gasteiger partial charge in [0.2, 0.25) is 5.88 Å². The number of carbonyl (C=O) groups is 1. The van der Waals surface area contributed by atoms with E-state index in [1.165, 1.54) is 6.42 Å². The van der Waals surface area contributed by atoms with Crippen LogP contribution in [0.5, 0.6) is 0 Å². The van der Waals surface area contributed by atoms with Gasteiger partial charge in [-0.1, -0.05) is 53.2 Å². The average Bonchev–Trinajstić information content (AvgIpc) is 3.35. The fourth-order valence-corrected chi connectivity index (χ4v) is 5.38. The minimum Gasteiger partial charge on any atom is -0.379 e. The van der Waals surface area contributed by atoms with Crippen LogP contribution in [0.1, 0.15) is 47.7 Å². The predicted molar refractivity (Wildman–Crippen MR) is 146 cm³/mol. The van der Waals surface area contributed by atoms with E-state index in [2.05, 4.69) is 34.0 Å². The van der Waals surface area contributed by atoms with Crippen LogP contribution in [0.2, 0.25) is 0 Å². The number of carbonyl (C=O) groups excluding carboxylic acids is 1. The molecule has 1 atom stereocenters. The van der Waals surface area contributed by atoms with Gasteiger partial charge in [0.25, 0.3) is 5.91 Å². The molecule has 0 radical (unpaired) electrons. The molecule has 0 aliphatic carbocycles. The Morgan fingerprint density at radius 2 is 1.86 bits per heavy atom. The number of ether oxygens (including phenoxy) is 1. The third-order valence-corrected chi connectivity index (χ3v) is 7.57. The van der Waals surface area contributed by atoms with E-state index < -0.39 is 0 Å². The Morgan fingerprint density at radius 3 is 2.62 bits per heavy atom. The Labute approximate surface area is 220 Å². The number of aryl methyl sites for hydroxylation is 1. The van der Waals surface area contributed by atoms with Crippen LogP contribution in [0.4, 0.5) is 5.88 Å². The molecule has 2 aliphatic rings. The number of piperidine rings is 1. The van der Waals surface area contributed by atoms with Crippen LogP contribution in [0.25, 0.3) is 11.3 Å². The van der Waals surface area contributed by atoms with Crippen molar-refractivity contribution in [3.05, 3.63) is 71.3 Å². The molecule has 0 saturated carbocycles. The van der Waals surface area contributed by atoms with Gasteiger partial charge >= 0.3 is 0 Å². The number of anilines is 1. The van der Waals surface area contributed by atoms with Gasteiger partial charge < -0.3 is 19.1 Å². The summed E-state index contributed by atoms with van der Waals surface area (Å²) in [6, 6.07) is 18.4. The molecule has 0 N–H and O–H groups in total. The molecule has 3 aromatic rings. The number of nitrogens with zero attached hydrogens (tertiary/aromatic N) is 4. The number of hydrogen-bond acceptors (Lipinski definition) is 6. The molecule has 5 rings (SSSR count). The van der Waals surface area contributed by atoms with Crippen molar-refractivity contribution in [2.75, 3.05) is 50.8 Å². The average molecular weight is 503 g/mol. The van der Waals surface area contributed by atoms with Crippen molar-refractivity contribution in [3.63, 3.8) is 0 Å². The van der Waals surface area contributed by atoms with E-state index in [9.17, 15) is 4.79 Å². The summed E-state index contributed by atoms with van der Waals surface area (Å²) in [6.45, 7) is 10.4. The number of rotatable bonds is 8. The minimum absolute atomic E-state index is 0.0369. The highest BCUT2D eigenvalue weighted by atomic mass is 16.5. The quantitative estimate of drug-likeness (QED) is 0.432. The maximum Gasteiger partial charge on any atom is 0.254 e. The fraction of sp³-hybridized carbons (Fsp3) is 0.467. The van der Waals surface area contributed by atoms with Crippen LogP contribution in [0.15, 0.2) is 59.1 Å². The highest BCUT2D eigenvalue weighted by Gasteiger charge is 2.30. The summed E-state index contributed by atoms with van der Waals surface area (Å²) in [5, 5.41) is 4.56. The molecular weight excluding hydrogens is 464 g/mol. The smallest absolute Gasteiger partial charge is 0.254 e. The zero-order valence-electron chi connectivity index (χ0n) is 22.1. The monoisotopic (exact) mass is 502 g/mol. The molecule has 2 aliphatic heterocycles. The molecule has 196 valence electrons. The van der Waals surface area contributed by atoms with E-state index in [4.69, 9.17) is 9.26 Å². The number of amides is 1. The van der Waals surface area contributed by atoms with Crippen molar-refractivity contribution in [1.82, 2.24) is 15.0 Å². The molecule has 7 heteroatoms. The normalized spacial score (nSPS) is 18.6. The predicted octanol–water partition coefficient (Wildman–Crippen LogP) is 5.00. The number of morpholine rings is 1. The van der Waals surface area contributed by atoms with E-state index >= 15 is 0 Å². The van der Waals surface area contributed by atoms with Crippen molar-refractivity contribution in [2.24, 2.45) is 0 Å². The largest absolute Gasteiger partial charge is 0.379 e. The van der Waals surface area contributed by atoms with Gasteiger partial charge in [-0.15, -0.1) is 0 Å². The summed E-state index contributed by atoms with van der Waals surface area (Å²) < 4.78 is 11.6. The summed E-state index contributed by atoms with van der Waals surface area (Å²) in [4.78, 5) is 20.6. The zero-order valence-corrected chi connectivity index (χ0v) is 22.1. The summed E-state index contributed by atoms with van der Waals surface area (Å²) in [6.07, 6.45) is 3.49. The maximum atomic E-state index is 13.9. The first-order valence-electron chi connectivity index (χ1n) is 13.6. The summed E-state index contributed by atoms with van der Waals surface area (Å²) >= 11 is 0. The number of hydrogen-bond donors (Lipinski definition) is 0. The maximum absolute atomic E-state index is 13.9. The van der Waals surface area contributed by atoms with Gasteiger partial charge in [-0.25, -0.2) is 0 Å². The van der Waals surface area contributed by atoms with Gasteiger partial charge in [-0.05, 0) is 45.2 Å². The molecular formula is C30H38N4O3. The van der Waals surface area contributed by atoms with Crippen molar-refractivity contribution < 1.29 is 14.1 Å². The molecule has 2 aromatic carbocycles. The van der Waals surface area contributed by atoms with Crippen molar-refractivity contribution in [1.29, 1.82) is 0 Å². The number of aromatic nitrogens is 1. The van der Waals surface area contributed by atoms with E-state index in [1.807, 2.05) is 54.3 Å². The summed E-state index contributed by atoms with van der Waals surface area (Å²) in [5.41, 5.74) is 4.61. The van der Waals surface area contributed by atoms with Gasteiger partial charge in [-0.2, -0.15) is 0 Å². The SMILES string of the molecule is Cc1cccc(C(=O)N(CCN2CCOCC2)Cc2c(-c3ccccc3)noc2N2CCCC[C@@H]2C)c1. The van der Waals surface area contributed by atoms with Crippen molar-refractivity contribution in [2.45, 2.75) is 45.7 Å². The molecule has 0 spiro atoms. The summed E-state index contributed by atoms with van der Waals surface area (Å²) in [7, 11) is 0. The molecule has 37 heavy (non-hydrogen) atoms. The first-order chi connectivity index (χ1) is 18.1. The van der Waals surface area contributed by atoms with Crippen LogP contribution < -0.4 is 4.90 Å². The second kappa shape index (κ2) is 11.9. The molecule has 1 aromatic heterocycles. The Balaban J connectivity index is 1.49. The molecule has 0 unspecified atom stereocenters. The lowest BCUT2D eigenvalue weighted by Gasteiger charge is -2.34. The molecule has 2 fully saturated rings. The molecule has 1 amide bonds. The van der Waals surface area contributed by atoms with E-state index in [1.54, 1.807) is 0 Å². The van der Waals surface area contributed by atoms with Crippen LogP contribution in [0, 0.1) is 6.92 Å². The van der Waals surface area contributed by atoms with Crippen LogP contribution in [-0.2, 0) is 11.3 Å². The van der Waals surface area contributed by atoms with Crippen LogP contribution >= 0.6 is 0 Å². The van der Waals surface area contributed by atoms with Gasteiger partial charge in [0.15, 0.2) is 0 Å². The standard InChI is InChI=1S/C30H38N4O3/c1-23-9-8-13-26(21-23)29(35)33(16-15-32-17-19-36-20-18-32)22-27-28(25-11-4-3-5-12-25)31-37-30(27)34-14-7-6-10-24(34)2/h3-5,8-9,11-13,21,24H,6-7,10,14-20,22H2,1-2H3/t24-/m0/s1. The Hall–Kier alpha value is -3.16. The third kappa shape index (κ3) is 6.05. The third-order valence-electron chi connectivity index (χ3n) is 7.57. The molecule has 0 bridgehead atoms. The highest BCUT2D eigenvalue weighted by Crippen LogP contribution is 2.35. The lowest BCUT2D eigenvalue weighted by Crippen LogP contribution is -2.43. The van der Waals surface area contributed by atoms with Crippen molar-refractivity contribution >= 4 is 11.8 Å². The first kappa shape index (κ1) is 25.5. The topological polar surface area (TPSA) is 62.1 Å². The molecule has 2 saturated heterocycles. The first-order valence-corrected chi connectivity index (χ1v) is 13.6. The highest BCUT2D eigenvalue weighted by molar-refractivity contribution is 5.94. The molecule has 7 nitrogen and oxygen atoms in total. The van der Waals surface area contributed by atoms with E-state index in [0.29, 0.717) is 24.7 Å². The van der Waals surface area contributed by atoms with Gasteiger partial charge in [0, 0.05) is 49.9 Å². The zero-order chi connectivity index (χ0) is 25.6.